The van der Waals surface area contributed by atoms with E-state index >= 15 is 0 Å². The van der Waals surface area contributed by atoms with Crippen LogP contribution in [0.25, 0.3) is 0 Å². The van der Waals surface area contributed by atoms with Crippen molar-refractivity contribution in [1.82, 2.24) is 15.1 Å². The Labute approximate surface area is 89.1 Å². The zero-order valence-electron chi connectivity index (χ0n) is 9.05. The largest absolute Gasteiger partial charge is 0.394 e. The summed E-state index contributed by atoms with van der Waals surface area (Å²) in [5.74, 6) is 0.0861. The van der Waals surface area contributed by atoms with Gasteiger partial charge in [0, 0.05) is 12.4 Å². The maximum absolute atomic E-state index is 11.5. The van der Waals surface area contributed by atoms with Crippen LogP contribution in [-0.2, 0) is 11.3 Å². The first-order valence-corrected chi connectivity index (χ1v) is 5.01. The molecule has 0 bridgehead atoms. The summed E-state index contributed by atoms with van der Waals surface area (Å²) in [5.41, 5.74) is 0. The Morgan fingerprint density at radius 2 is 2.33 bits per heavy atom. The summed E-state index contributed by atoms with van der Waals surface area (Å²) in [7, 11) is 0. The Morgan fingerprint density at radius 3 is 2.80 bits per heavy atom. The Balaban J connectivity index is 2.41. The van der Waals surface area contributed by atoms with Gasteiger partial charge < -0.3 is 10.4 Å². The summed E-state index contributed by atoms with van der Waals surface area (Å²) in [6.45, 7) is 4.06. The second kappa shape index (κ2) is 5.50. The van der Waals surface area contributed by atoms with Crippen molar-refractivity contribution in [3.63, 3.8) is 0 Å². The van der Waals surface area contributed by atoms with Gasteiger partial charge in [0.05, 0.1) is 12.6 Å². The zero-order valence-corrected chi connectivity index (χ0v) is 9.05. The minimum absolute atomic E-state index is 0.0392. The van der Waals surface area contributed by atoms with Crippen LogP contribution in [0.3, 0.4) is 0 Å². The van der Waals surface area contributed by atoms with E-state index in [0.29, 0.717) is 0 Å². The molecule has 15 heavy (non-hydrogen) atoms. The molecule has 0 saturated carbocycles. The number of amides is 1. The van der Waals surface area contributed by atoms with Crippen LogP contribution < -0.4 is 5.32 Å². The summed E-state index contributed by atoms with van der Waals surface area (Å²) in [6, 6.07) is 1.58. The first-order chi connectivity index (χ1) is 7.13. The molecule has 1 aromatic heterocycles. The molecule has 0 unspecified atom stereocenters. The molecule has 5 nitrogen and oxygen atoms in total. The van der Waals surface area contributed by atoms with Gasteiger partial charge in [-0.15, -0.1) is 0 Å². The predicted octanol–water partition coefficient (Wildman–Crippen LogP) is 0.0162. The fourth-order valence-electron chi connectivity index (χ4n) is 1.22. The molecule has 0 aromatic carbocycles. The van der Waals surface area contributed by atoms with Crippen molar-refractivity contribution in [1.29, 1.82) is 0 Å². The van der Waals surface area contributed by atoms with Gasteiger partial charge in [-0.25, -0.2) is 0 Å². The van der Waals surface area contributed by atoms with Gasteiger partial charge in [0.1, 0.15) is 6.54 Å². The lowest BCUT2D eigenvalue weighted by atomic mass is 10.1. The van der Waals surface area contributed by atoms with E-state index in [9.17, 15) is 4.79 Å². The number of nitrogens with one attached hydrogen (secondary N) is 1. The molecule has 0 aliphatic heterocycles. The van der Waals surface area contributed by atoms with Gasteiger partial charge in [-0.1, -0.05) is 13.8 Å². The van der Waals surface area contributed by atoms with Crippen LogP contribution in [0.5, 0.6) is 0 Å². The molecule has 1 aromatic rings. The molecule has 0 aliphatic rings. The van der Waals surface area contributed by atoms with Crippen LogP contribution in [0.2, 0.25) is 0 Å². The van der Waals surface area contributed by atoms with Crippen molar-refractivity contribution in [3.8, 4) is 0 Å². The molecule has 1 atom stereocenters. The highest BCUT2D eigenvalue weighted by Gasteiger charge is 2.14. The van der Waals surface area contributed by atoms with Gasteiger partial charge in [-0.05, 0) is 12.0 Å². The van der Waals surface area contributed by atoms with Crippen LogP contribution in [0, 0.1) is 5.92 Å². The van der Waals surface area contributed by atoms with Crippen molar-refractivity contribution >= 4 is 5.91 Å². The van der Waals surface area contributed by atoms with Gasteiger partial charge in [-0.2, -0.15) is 5.10 Å². The number of carbonyl (C=O) groups is 1. The number of aromatic nitrogens is 2. The van der Waals surface area contributed by atoms with Crippen molar-refractivity contribution in [2.45, 2.75) is 26.4 Å². The highest BCUT2D eigenvalue weighted by atomic mass is 16.3. The van der Waals surface area contributed by atoms with Crippen LogP contribution in [0.4, 0.5) is 0 Å². The molecule has 0 fully saturated rings. The maximum atomic E-state index is 11.5. The molecule has 0 radical (unpaired) electrons. The molecule has 5 heteroatoms. The lowest BCUT2D eigenvalue weighted by Gasteiger charge is -2.19. The number of hydrogen-bond donors (Lipinski definition) is 2. The maximum Gasteiger partial charge on any atom is 0.242 e. The third kappa shape index (κ3) is 3.71. The normalized spacial score (nSPS) is 12.8. The molecule has 2 N–H and O–H groups in total. The number of nitrogens with zero attached hydrogens (tertiary/aromatic N) is 2. The number of aliphatic hydroxyl groups excluding tert-OH is 1. The van der Waals surface area contributed by atoms with Crippen LogP contribution in [0.15, 0.2) is 18.5 Å². The molecule has 1 heterocycles. The Hall–Kier alpha value is -1.36. The van der Waals surface area contributed by atoms with Crippen molar-refractivity contribution in [2.75, 3.05) is 6.61 Å². The second-order valence-corrected chi connectivity index (χ2v) is 3.80. The van der Waals surface area contributed by atoms with Gasteiger partial charge in [0.2, 0.25) is 5.91 Å². The minimum atomic E-state index is -0.187. The fraction of sp³-hybridized carbons (Fsp3) is 0.600. The van der Waals surface area contributed by atoms with E-state index in [0.717, 1.165) is 0 Å². The van der Waals surface area contributed by atoms with E-state index < -0.39 is 0 Å². The summed E-state index contributed by atoms with van der Waals surface area (Å²) in [4.78, 5) is 11.5. The third-order valence-corrected chi connectivity index (χ3v) is 2.21. The monoisotopic (exact) mass is 211 g/mol. The van der Waals surface area contributed by atoms with Gasteiger partial charge in [0.15, 0.2) is 0 Å². The van der Waals surface area contributed by atoms with E-state index in [1.807, 2.05) is 13.8 Å². The average Bonchev–Trinajstić information content (AvgIpc) is 2.66. The standard InChI is InChI=1S/C10H17N3O2/c1-8(2)9(7-14)12-10(15)6-13-5-3-4-11-13/h3-5,8-9,14H,6-7H2,1-2H3,(H,12,15)/t9-/m1/s1. The lowest BCUT2D eigenvalue weighted by molar-refractivity contribution is -0.123. The molecule has 0 aliphatic carbocycles. The summed E-state index contributed by atoms with van der Waals surface area (Å²) >= 11 is 0. The average molecular weight is 211 g/mol. The van der Waals surface area contributed by atoms with E-state index in [1.54, 1.807) is 23.1 Å². The molecule has 0 saturated heterocycles. The Kier molecular flexibility index (Phi) is 4.30. The first kappa shape index (κ1) is 11.7. The van der Waals surface area contributed by atoms with Gasteiger partial charge in [0.25, 0.3) is 0 Å². The van der Waals surface area contributed by atoms with Gasteiger partial charge in [-0.3, -0.25) is 9.48 Å². The molecule has 84 valence electrons. The number of hydrogen-bond acceptors (Lipinski definition) is 3. The van der Waals surface area contributed by atoms with E-state index in [1.165, 1.54) is 0 Å². The third-order valence-electron chi connectivity index (χ3n) is 2.21. The minimum Gasteiger partial charge on any atom is -0.394 e. The Bertz CT molecular complexity index is 296. The highest BCUT2D eigenvalue weighted by molar-refractivity contribution is 5.75. The number of carbonyl (C=O) groups excluding carboxylic acids is 1. The quantitative estimate of drug-likeness (QED) is 0.721. The van der Waals surface area contributed by atoms with Crippen LogP contribution in [0.1, 0.15) is 13.8 Å². The fourth-order valence-corrected chi connectivity index (χ4v) is 1.22. The predicted molar refractivity (Wildman–Crippen MR) is 56.1 cm³/mol. The Morgan fingerprint density at radius 1 is 1.60 bits per heavy atom. The topological polar surface area (TPSA) is 67.2 Å². The van der Waals surface area contributed by atoms with E-state index in [4.69, 9.17) is 5.11 Å². The molecule has 1 amide bonds. The van der Waals surface area contributed by atoms with Crippen molar-refractivity contribution in [2.24, 2.45) is 5.92 Å². The highest BCUT2D eigenvalue weighted by Crippen LogP contribution is 2.00. The van der Waals surface area contributed by atoms with E-state index in [2.05, 4.69) is 10.4 Å². The molecule has 1 rings (SSSR count). The van der Waals surface area contributed by atoms with Crippen molar-refractivity contribution < 1.29 is 9.90 Å². The zero-order chi connectivity index (χ0) is 11.3. The summed E-state index contributed by atoms with van der Waals surface area (Å²) < 4.78 is 1.55. The van der Waals surface area contributed by atoms with Crippen molar-refractivity contribution in [3.05, 3.63) is 18.5 Å². The van der Waals surface area contributed by atoms with Crippen LogP contribution in [-0.4, -0.2) is 33.4 Å². The van der Waals surface area contributed by atoms with Gasteiger partial charge >= 0.3 is 0 Å². The van der Waals surface area contributed by atoms with Crippen LogP contribution >= 0.6 is 0 Å². The molecule has 0 spiro atoms. The summed E-state index contributed by atoms with van der Waals surface area (Å²) in [6.07, 6.45) is 3.35. The smallest absolute Gasteiger partial charge is 0.242 e. The SMILES string of the molecule is CC(C)[C@@H](CO)NC(=O)Cn1cccn1. The number of aliphatic hydroxyl groups is 1. The van der Waals surface area contributed by atoms with E-state index in [-0.39, 0.29) is 31.0 Å². The lowest BCUT2D eigenvalue weighted by Crippen LogP contribution is -2.42. The molecular weight excluding hydrogens is 194 g/mol. The number of rotatable bonds is 5. The first-order valence-electron chi connectivity index (χ1n) is 5.01. The second-order valence-electron chi connectivity index (χ2n) is 3.80. The molecular formula is C10H17N3O2. The summed E-state index contributed by atoms with van der Waals surface area (Å²) in [5, 5.41) is 15.7.